The van der Waals surface area contributed by atoms with E-state index in [9.17, 15) is 4.79 Å². The topological polar surface area (TPSA) is 98.9 Å². The number of amides is 1. The first-order valence-electron chi connectivity index (χ1n) is 10.0. The van der Waals surface area contributed by atoms with Crippen molar-refractivity contribution in [1.82, 2.24) is 30.6 Å². The molecule has 1 aliphatic heterocycles. The number of aliphatic imine (C=N–C) groups is 1. The summed E-state index contributed by atoms with van der Waals surface area (Å²) >= 11 is 6.02. The predicted octanol–water partition coefficient (Wildman–Crippen LogP) is 2.23. The number of hydrogen-bond donors (Lipinski definition) is 2. The molecule has 0 spiro atoms. The third-order valence-electron chi connectivity index (χ3n) is 4.65. The van der Waals surface area contributed by atoms with Crippen molar-refractivity contribution in [1.29, 1.82) is 0 Å². The second kappa shape index (κ2) is 12.2. The molecule has 1 aromatic heterocycles. The number of nitrogens with one attached hydrogen (secondary N) is 2. The molecule has 0 aliphatic carbocycles. The third-order valence-corrected chi connectivity index (χ3v) is 4.88. The molecule has 0 radical (unpaired) electrons. The number of hydrogen-bond acceptors (Lipinski definition) is 6. The number of piperazine rings is 1. The van der Waals surface area contributed by atoms with E-state index in [0.717, 1.165) is 37.7 Å². The van der Waals surface area contributed by atoms with Gasteiger partial charge >= 0.3 is 0 Å². The highest BCUT2D eigenvalue weighted by atomic mass is 127. The number of carbonyl (C=O) groups is 1. The number of rotatable bonds is 6. The molecule has 0 atom stereocenters. The maximum Gasteiger partial charge on any atom is 0.246 e. The molecule has 0 bridgehead atoms. The summed E-state index contributed by atoms with van der Waals surface area (Å²) in [5.74, 6) is 1.80. The zero-order valence-corrected chi connectivity index (χ0v) is 21.1. The molecule has 1 amide bonds. The second-order valence-corrected chi connectivity index (χ2v) is 7.84. The molecule has 0 saturated carbocycles. The summed E-state index contributed by atoms with van der Waals surface area (Å²) in [4.78, 5) is 25.0. The summed E-state index contributed by atoms with van der Waals surface area (Å²) in [6, 6.07) is 7.48. The first-order valence-corrected chi connectivity index (χ1v) is 10.4. The van der Waals surface area contributed by atoms with Crippen LogP contribution in [-0.2, 0) is 11.3 Å². The van der Waals surface area contributed by atoms with E-state index in [1.807, 2.05) is 26.0 Å². The lowest BCUT2D eigenvalue weighted by molar-refractivity contribution is -0.123. The lowest BCUT2D eigenvalue weighted by atomic mass is 10.2. The molecular formula is C20H29ClIN7O2. The molecule has 1 saturated heterocycles. The van der Waals surface area contributed by atoms with Crippen LogP contribution in [0.2, 0.25) is 5.02 Å². The Morgan fingerprint density at radius 2 is 2.03 bits per heavy atom. The van der Waals surface area contributed by atoms with Gasteiger partial charge in [-0.15, -0.1) is 24.0 Å². The highest BCUT2D eigenvalue weighted by Gasteiger charge is 2.21. The minimum atomic E-state index is 0. The van der Waals surface area contributed by atoms with Crippen molar-refractivity contribution in [2.75, 3.05) is 39.8 Å². The van der Waals surface area contributed by atoms with Crippen LogP contribution >= 0.6 is 35.6 Å². The van der Waals surface area contributed by atoms with E-state index in [-0.39, 0.29) is 35.9 Å². The maximum atomic E-state index is 11.9. The number of nitrogens with zero attached hydrogens (tertiary/aromatic N) is 5. The standard InChI is InChI=1S/C20H28ClN7O2.HI/c1-14(2)24-17(29)13-27-7-9-28(10-8-27)20(22-3)23-12-18-25-19(26-30-18)15-5-4-6-16(21)11-15;/h4-6,11,14H,7-10,12-13H2,1-3H3,(H,22,23)(H,24,29);1H. The largest absolute Gasteiger partial charge is 0.353 e. The van der Waals surface area contributed by atoms with Gasteiger partial charge in [0.05, 0.1) is 13.1 Å². The van der Waals surface area contributed by atoms with Gasteiger partial charge in [-0.2, -0.15) is 4.98 Å². The van der Waals surface area contributed by atoms with E-state index in [1.165, 1.54) is 0 Å². The van der Waals surface area contributed by atoms with Crippen LogP contribution in [0.25, 0.3) is 11.4 Å². The van der Waals surface area contributed by atoms with Crippen molar-refractivity contribution in [3.05, 3.63) is 35.2 Å². The molecule has 3 rings (SSSR count). The van der Waals surface area contributed by atoms with Crippen LogP contribution in [0, 0.1) is 0 Å². The Kier molecular flexibility index (Phi) is 9.97. The fourth-order valence-electron chi connectivity index (χ4n) is 3.25. The number of halogens is 2. The highest BCUT2D eigenvalue weighted by Crippen LogP contribution is 2.19. The maximum absolute atomic E-state index is 11.9. The summed E-state index contributed by atoms with van der Waals surface area (Å²) in [6.45, 7) is 7.89. The van der Waals surface area contributed by atoms with Crippen molar-refractivity contribution in [2.45, 2.75) is 26.4 Å². The number of guanidine groups is 1. The normalized spacial score (nSPS) is 15.0. The fourth-order valence-corrected chi connectivity index (χ4v) is 3.44. The fraction of sp³-hybridized carbons (Fsp3) is 0.500. The molecule has 1 aromatic carbocycles. The van der Waals surface area contributed by atoms with Gasteiger partial charge < -0.3 is 20.1 Å². The van der Waals surface area contributed by atoms with Gasteiger partial charge in [-0.05, 0) is 26.0 Å². The van der Waals surface area contributed by atoms with Crippen molar-refractivity contribution in [3.63, 3.8) is 0 Å². The summed E-state index contributed by atoms with van der Waals surface area (Å²) < 4.78 is 5.34. The van der Waals surface area contributed by atoms with Crippen LogP contribution < -0.4 is 10.6 Å². The van der Waals surface area contributed by atoms with Crippen molar-refractivity contribution < 1.29 is 9.32 Å². The zero-order chi connectivity index (χ0) is 21.5. The van der Waals surface area contributed by atoms with Gasteiger partial charge in [-0.3, -0.25) is 14.7 Å². The Morgan fingerprint density at radius 1 is 1.29 bits per heavy atom. The molecule has 11 heteroatoms. The minimum Gasteiger partial charge on any atom is -0.353 e. The Balaban J connectivity index is 0.00000341. The highest BCUT2D eigenvalue weighted by molar-refractivity contribution is 14.0. The van der Waals surface area contributed by atoms with E-state index in [1.54, 1.807) is 19.2 Å². The Labute approximate surface area is 204 Å². The monoisotopic (exact) mass is 561 g/mol. The zero-order valence-electron chi connectivity index (χ0n) is 18.0. The van der Waals surface area contributed by atoms with Crippen LogP contribution in [0.5, 0.6) is 0 Å². The molecule has 1 aliphatic rings. The number of aromatic nitrogens is 2. The van der Waals surface area contributed by atoms with E-state index in [4.69, 9.17) is 16.1 Å². The first-order chi connectivity index (χ1) is 14.4. The third kappa shape index (κ3) is 7.62. The summed E-state index contributed by atoms with van der Waals surface area (Å²) in [5.41, 5.74) is 0.805. The first kappa shape index (κ1) is 25.3. The second-order valence-electron chi connectivity index (χ2n) is 7.41. The lowest BCUT2D eigenvalue weighted by Gasteiger charge is -2.36. The van der Waals surface area contributed by atoms with Crippen LogP contribution in [0.15, 0.2) is 33.8 Å². The average Bonchev–Trinajstić information content (AvgIpc) is 3.18. The van der Waals surface area contributed by atoms with Gasteiger partial charge in [0, 0.05) is 49.9 Å². The predicted molar refractivity (Wildman–Crippen MR) is 132 cm³/mol. The SMILES string of the molecule is CN=C(NCc1nc(-c2cccc(Cl)c2)no1)N1CCN(CC(=O)NC(C)C)CC1.I. The molecule has 2 aromatic rings. The van der Waals surface area contributed by atoms with Crippen LogP contribution in [0.3, 0.4) is 0 Å². The Morgan fingerprint density at radius 3 is 2.68 bits per heavy atom. The van der Waals surface area contributed by atoms with E-state index < -0.39 is 0 Å². The van der Waals surface area contributed by atoms with Crippen molar-refractivity contribution in [2.24, 2.45) is 4.99 Å². The van der Waals surface area contributed by atoms with Crippen molar-refractivity contribution >= 4 is 47.4 Å². The summed E-state index contributed by atoms with van der Waals surface area (Å²) in [6.07, 6.45) is 0. The Bertz CT molecular complexity index is 882. The molecule has 0 unspecified atom stereocenters. The lowest BCUT2D eigenvalue weighted by Crippen LogP contribution is -2.54. The van der Waals surface area contributed by atoms with E-state index in [2.05, 4.69) is 35.6 Å². The average molecular weight is 562 g/mol. The van der Waals surface area contributed by atoms with Gasteiger partial charge in [0.1, 0.15) is 0 Å². The molecular weight excluding hydrogens is 533 g/mol. The molecule has 1 fully saturated rings. The van der Waals surface area contributed by atoms with Gasteiger partial charge in [-0.1, -0.05) is 28.9 Å². The number of carbonyl (C=O) groups excluding carboxylic acids is 1. The smallest absolute Gasteiger partial charge is 0.246 e. The van der Waals surface area contributed by atoms with Gasteiger partial charge in [0.2, 0.25) is 17.6 Å². The van der Waals surface area contributed by atoms with E-state index in [0.29, 0.717) is 29.8 Å². The summed E-state index contributed by atoms with van der Waals surface area (Å²) in [5, 5.41) is 10.8. The van der Waals surface area contributed by atoms with E-state index >= 15 is 0 Å². The van der Waals surface area contributed by atoms with Gasteiger partial charge in [0.25, 0.3) is 0 Å². The van der Waals surface area contributed by atoms with Crippen molar-refractivity contribution in [3.8, 4) is 11.4 Å². The molecule has 9 nitrogen and oxygen atoms in total. The molecule has 2 heterocycles. The van der Waals surface area contributed by atoms with Crippen LogP contribution in [0.4, 0.5) is 0 Å². The molecule has 2 N–H and O–H groups in total. The molecule has 170 valence electrons. The quantitative estimate of drug-likeness (QED) is 0.317. The van der Waals surface area contributed by atoms with Gasteiger partial charge in [0.15, 0.2) is 5.96 Å². The van der Waals surface area contributed by atoms with Crippen LogP contribution in [-0.4, -0.2) is 77.6 Å². The van der Waals surface area contributed by atoms with Gasteiger partial charge in [-0.25, -0.2) is 0 Å². The molecule has 31 heavy (non-hydrogen) atoms. The summed E-state index contributed by atoms with van der Waals surface area (Å²) in [7, 11) is 1.75. The van der Waals surface area contributed by atoms with Crippen LogP contribution in [0.1, 0.15) is 19.7 Å². The Hall–Kier alpha value is -1.92. The number of benzene rings is 1. The minimum absolute atomic E-state index is 0.